The van der Waals surface area contributed by atoms with Crippen molar-refractivity contribution in [1.29, 1.82) is 5.26 Å². The van der Waals surface area contributed by atoms with E-state index in [1.54, 1.807) is 17.4 Å². The Morgan fingerprint density at radius 3 is 2.80 bits per heavy atom. The SMILES string of the molecule is N#CCCNC(=O)COC(=O)/C=C/c1cn(Cc2ccccc2)nc1-c1cccs1. The van der Waals surface area contributed by atoms with Gasteiger partial charge in [0.05, 0.1) is 23.9 Å². The van der Waals surface area contributed by atoms with Crippen LogP contribution in [0.1, 0.15) is 17.5 Å². The molecule has 1 aromatic carbocycles. The van der Waals surface area contributed by atoms with E-state index in [9.17, 15) is 9.59 Å². The molecule has 0 atom stereocenters. The fourth-order valence-electron chi connectivity index (χ4n) is 2.67. The van der Waals surface area contributed by atoms with Gasteiger partial charge in [-0.05, 0) is 23.1 Å². The summed E-state index contributed by atoms with van der Waals surface area (Å²) in [6.07, 6.45) is 5.00. The van der Waals surface area contributed by atoms with Gasteiger partial charge in [-0.1, -0.05) is 36.4 Å². The van der Waals surface area contributed by atoms with E-state index in [0.29, 0.717) is 6.54 Å². The van der Waals surface area contributed by atoms with Crippen molar-refractivity contribution in [3.8, 4) is 16.6 Å². The Kier molecular flexibility index (Phi) is 7.52. The lowest BCUT2D eigenvalue weighted by Gasteiger charge is -2.02. The Morgan fingerprint density at radius 1 is 1.23 bits per heavy atom. The average molecular weight is 420 g/mol. The van der Waals surface area contributed by atoms with Crippen LogP contribution >= 0.6 is 11.3 Å². The number of hydrogen-bond donors (Lipinski definition) is 1. The second-order valence-electron chi connectivity index (χ2n) is 6.29. The molecule has 0 unspecified atom stereocenters. The molecule has 7 nitrogen and oxygen atoms in total. The summed E-state index contributed by atoms with van der Waals surface area (Å²) in [6, 6.07) is 15.8. The number of amides is 1. The molecule has 2 heterocycles. The van der Waals surface area contributed by atoms with Gasteiger partial charge in [-0.25, -0.2) is 4.79 Å². The number of aromatic nitrogens is 2. The molecule has 152 valence electrons. The number of thiophene rings is 1. The van der Waals surface area contributed by atoms with Crippen molar-refractivity contribution < 1.29 is 14.3 Å². The van der Waals surface area contributed by atoms with Crippen molar-refractivity contribution in [3.05, 3.63) is 71.2 Å². The van der Waals surface area contributed by atoms with Crippen LogP contribution in [-0.4, -0.2) is 34.8 Å². The molecule has 0 aliphatic heterocycles. The molecule has 2 aromatic heterocycles. The number of nitriles is 1. The maximum Gasteiger partial charge on any atom is 0.331 e. The van der Waals surface area contributed by atoms with Crippen molar-refractivity contribution in [3.63, 3.8) is 0 Å². The topological polar surface area (TPSA) is 97.0 Å². The third-order valence-corrected chi connectivity index (χ3v) is 4.91. The van der Waals surface area contributed by atoms with Crippen molar-refractivity contribution in [2.45, 2.75) is 13.0 Å². The maximum atomic E-state index is 12.0. The van der Waals surface area contributed by atoms with E-state index in [1.165, 1.54) is 6.08 Å². The number of rotatable bonds is 9. The average Bonchev–Trinajstić information content (AvgIpc) is 3.41. The van der Waals surface area contributed by atoms with Crippen LogP contribution in [0.25, 0.3) is 16.6 Å². The van der Waals surface area contributed by atoms with Crippen LogP contribution in [0.3, 0.4) is 0 Å². The van der Waals surface area contributed by atoms with Gasteiger partial charge in [0.1, 0.15) is 5.69 Å². The van der Waals surface area contributed by atoms with Crippen molar-refractivity contribution in [1.82, 2.24) is 15.1 Å². The van der Waals surface area contributed by atoms with Crippen LogP contribution in [0.4, 0.5) is 0 Å². The van der Waals surface area contributed by atoms with Gasteiger partial charge in [-0.2, -0.15) is 10.4 Å². The summed E-state index contributed by atoms with van der Waals surface area (Å²) in [7, 11) is 0. The fourth-order valence-corrected chi connectivity index (χ4v) is 3.40. The number of nitrogens with zero attached hydrogens (tertiary/aromatic N) is 3. The molecule has 30 heavy (non-hydrogen) atoms. The standard InChI is InChI=1S/C22H20N4O3S/c23-11-5-12-24-20(27)16-29-21(28)10-9-18-15-26(14-17-6-2-1-3-7-17)25-22(18)19-8-4-13-30-19/h1-4,6-10,13,15H,5,12,14,16H2,(H,24,27)/b10-9+. The van der Waals surface area contributed by atoms with Crippen molar-refractivity contribution in [2.24, 2.45) is 0 Å². The largest absolute Gasteiger partial charge is 0.452 e. The Hall–Kier alpha value is -3.70. The van der Waals surface area contributed by atoms with Gasteiger partial charge < -0.3 is 10.1 Å². The van der Waals surface area contributed by atoms with E-state index in [4.69, 9.17) is 10.00 Å². The van der Waals surface area contributed by atoms with Gasteiger partial charge in [0.25, 0.3) is 5.91 Å². The number of hydrogen-bond acceptors (Lipinski definition) is 6. The number of nitrogens with one attached hydrogen (secondary N) is 1. The predicted molar refractivity (Wildman–Crippen MR) is 114 cm³/mol. The summed E-state index contributed by atoms with van der Waals surface area (Å²) in [5.41, 5.74) is 2.68. The Balaban J connectivity index is 1.67. The quantitative estimate of drug-likeness (QED) is 0.326. The van der Waals surface area contributed by atoms with Gasteiger partial charge in [0.15, 0.2) is 6.61 Å². The maximum absolute atomic E-state index is 12.0. The zero-order valence-corrected chi connectivity index (χ0v) is 17.0. The minimum absolute atomic E-state index is 0.206. The Labute approximate surface area is 178 Å². The second kappa shape index (κ2) is 10.7. The predicted octanol–water partition coefficient (Wildman–Crippen LogP) is 3.25. The molecule has 1 amide bonds. The lowest BCUT2D eigenvalue weighted by molar-refractivity contribution is -0.143. The minimum atomic E-state index is -0.627. The Morgan fingerprint density at radius 2 is 2.07 bits per heavy atom. The first-order valence-electron chi connectivity index (χ1n) is 9.29. The molecule has 1 N–H and O–H groups in total. The number of carbonyl (C=O) groups excluding carboxylic acids is 2. The minimum Gasteiger partial charge on any atom is -0.452 e. The van der Waals surface area contributed by atoms with E-state index in [1.807, 2.05) is 64.8 Å². The van der Waals surface area contributed by atoms with Crippen LogP contribution in [0.15, 0.2) is 60.1 Å². The molecule has 0 aliphatic rings. The third kappa shape index (κ3) is 6.15. The van der Waals surface area contributed by atoms with E-state index >= 15 is 0 Å². The van der Waals surface area contributed by atoms with Crippen LogP contribution in [0.2, 0.25) is 0 Å². The van der Waals surface area contributed by atoms with Gasteiger partial charge in [-0.3, -0.25) is 9.48 Å². The van der Waals surface area contributed by atoms with Crippen LogP contribution in [-0.2, 0) is 20.9 Å². The van der Waals surface area contributed by atoms with Crippen LogP contribution in [0, 0.1) is 11.3 Å². The number of carbonyl (C=O) groups is 2. The first kappa shape index (κ1) is 21.0. The summed E-state index contributed by atoms with van der Waals surface area (Å²) in [5.74, 6) is -1.07. The Bertz CT molecular complexity index is 1050. The highest BCUT2D eigenvalue weighted by molar-refractivity contribution is 7.13. The molecule has 0 fully saturated rings. The third-order valence-electron chi connectivity index (χ3n) is 4.04. The molecule has 3 aromatic rings. The first-order chi connectivity index (χ1) is 14.7. The normalized spacial score (nSPS) is 10.6. The molecule has 0 saturated carbocycles. The molecule has 3 rings (SSSR count). The molecular formula is C22H20N4O3S. The lowest BCUT2D eigenvalue weighted by Crippen LogP contribution is -2.29. The first-order valence-corrected chi connectivity index (χ1v) is 10.2. The summed E-state index contributed by atoms with van der Waals surface area (Å²) >= 11 is 1.57. The van der Waals surface area contributed by atoms with Crippen molar-refractivity contribution >= 4 is 29.3 Å². The summed E-state index contributed by atoms with van der Waals surface area (Å²) in [4.78, 5) is 24.5. The van der Waals surface area contributed by atoms with Gasteiger partial charge in [0.2, 0.25) is 0 Å². The van der Waals surface area contributed by atoms with E-state index in [2.05, 4.69) is 10.4 Å². The van der Waals surface area contributed by atoms with Gasteiger partial charge in [0, 0.05) is 24.4 Å². The molecule has 0 saturated heterocycles. The zero-order valence-electron chi connectivity index (χ0n) is 16.2. The molecule has 0 bridgehead atoms. The highest BCUT2D eigenvalue weighted by Crippen LogP contribution is 2.27. The summed E-state index contributed by atoms with van der Waals surface area (Å²) < 4.78 is 6.78. The lowest BCUT2D eigenvalue weighted by atomic mass is 10.2. The fraction of sp³-hybridized carbons (Fsp3) is 0.182. The van der Waals surface area contributed by atoms with Gasteiger partial charge in [-0.15, -0.1) is 11.3 Å². The van der Waals surface area contributed by atoms with Gasteiger partial charge >= 0.3 is 5.97 Å². The molecule has 8 heteroatoms. The smallest absolute Gasteiger partial charge is 0.331 e. The monoisotopic (exact) mass is 420 g/mol. The molecule has 0 aliphatic carbocycles. The van der Waals surface area contributed by atoms with E-state index in [0.717, 1.165) is 21.7 Å². The number of ether oxygens (including phenoxy) is 1. The number of benzene rings is 1. The summed E-state index contributed by atoms with van der Waals surface area (Å²) in [6.45, 7) is 0.452. The second-order valence-corrected chi connectivity index (χ2v) is 7.24. The summed E-state index contributed by atoms with van der Waals surface area (Å²) in [5, 5.41) is 17.6. The molecule has 0 radical (unpaired) electrons. The number of esters is 1. The zero-order chi connectivity index (χ0) is 21.2. The van der Waals surface area contributed by atoms with Crippen LogP contribution in [0.5, 0.6) is 0 Å². The molecule has 0 spiro atoms. The van der Waals surface area contributed by atoms with E-state index in [-0.39, 0.29) is 19.6 Å². The van der Waals surface area contributed by atoms with Crippen molar-refractivity contribution in [2.75, 3.05) is 13.2 Å². The highest BCUT2D eigenvalue weighted by Gasteiger charge is 2.12. The van der Waals surface area contributed by atoms with Crippen LogP contribution < -0.4 is 5.32 Å². The van der Waals surface area contributed by atoms with E-state index < -0.39 is 11.9 Å². The molecular weight excluding hydrogens is 400 g/mol. The highest BCUT2D eigenvalue weighted by atomic mass is 32.1.